The number of rotatable bonds is 1. The van der Waals surface area contributed by atoms with E-state index in [4.69, 9.17) is 10.00 Å². The molecule has 4 heteroatoms. The van der Waals surface area contributed by atoms with Crippen LogP contribution in [0.5, 0.6) is 0 Å². The average Bonchev–Trinajstić information content (AvgIpc) is 2.15. The first kappa shape index (κ1) is 8.95. The van der Waals surface area contributed by atoms with Crippen molar-refractivity contribution in [2.24, 2.45) is 5.41 Å². The van der Waals surface area contributed by atoms with Gasteiger partial charge in [0.25, 0.3) is 0 Å². The first-order valence-corrected chi connectivity index (χ1v) is 4.65. The highest BCUT2D eigenvalue weighted by Gasteiger charge is 2.55. The van der Waals surface area contributed by atoms with Crippen molar-refractivity contribution in [3.05, 3.63) is 0 Å². The highest BCUT2D eigenvalue weighted by Crippen LogP contribution is 2.40. The summed E-state index contributed by atoms with van der Waals surface area (Å²) in [5.41, 5.74) is -1.53. The average molecular weight is 182 g/mol. The van der Waals surface area contributed by atoms with Crippen molar-refractivity contribution >= 4 is 0 Å². The van der Waals surface area contributed by atoms with Crippen molar-refractivity contribution in [2.75, 3.05) is 26.3 Å². The molecule has 0 aromatic rings. The Bertz CT molecular complexity index is 236. The van der Waals surface area contributed by atoms with Crippen molar-refractivity contribution in [1.82, 2.24) is 5.32 Å². The quantitative estimate of drug-likeness (QED) is 0.581. The first-order chi connectivity index (χ1) is 6.22. The third kappa shape index (κ3) is 1.16. The molecule has 0 aliphatic carbocycles. The predicted octanol–water partition coefficient (Wildman–Crippen LogP) is -0.359. The van der Waals surface area contributed by atoms with E-state index in [1.54, 1.807) is 0 Å². The second-order valence-corrected chi connectivity index (χ2v) is 3.99. The number of aliphatic hydroxyl groups is 1. The van der Waals surface area contributed by atoms with Crippen LogP contribution >= 0.6 is 0 Å². The molecule has 0 aromatic heterocycles. The predicted molar refractivity (Wildman–Crippen MR) is 45.9 cm³/mol. The van der Waals surface area contributed by atoms with E-state index in [0.29, 0.717) is 26.3 Å². The zero-order valence-electron chi connectivity index (χ0n) is 7.55. The monoisotopic (exact) mass is 182 g/mol. The largest absolute Gasteiger partial charge is 0.385 e. The van der Waals surface area contributed by atoms with E-state index in [2.05, 4.69) is 11.4 Å². The SMILES string of the molecule is N#CC1(C2(O)CNC2)CCCOC1. The van der Waals surface area contributed by atoms with Crippen molar-refractivity contribution in [3.8, 4) is 6.07 Å². The Morgan fingerprint density at radius 1 is 1.46 bits per heavy atom. The lowest BCUT2D eigenvalue weighted by Gasteiger charge is -2.50. The van der Waals surface area contributed by atoms with Gasteiger partial charge in [0.15, 0.2) is 0 Å². The Morgan fingerprint density at radius 3 is 2.62 bits per heavy atom. The van der Waals surface area contributed by atoms with Gasteiger partial charge in [0.05, 0.1) is 12.7 Å². The molecule has 2 aliphatic rings. The van der Waals surface area contributed by atoms with Gasteiger partial charge in [-0.3, -0.25) is 0 Å². The molecule has 2 N–H and O–H groups in total. The summed E-state index contributed by atoms with van der Waals surface area (Å²) in [4.78, 5) is 0. The molecule has 0 amide bonds. The summed E-state index contributed by atoms with van der Waals surface area (Å²) in [6.45, 7) is 2.13. The molecule has 0 radical (unpaired) electrons. The fraction of sp³-hybridized carbons (Fsp3) is 0.889. The minimum Gasteiger partial charge on any atom is -0.385 e. The summed E-state index contributed by atoms with van der Waals surface area (Å²) in [7, 11) is 0. The van der Waals surface area contributed by atoms with E-state index in [9.17, 15) is 5.11 Å². The summed E-state index contributed by atoms with van der Waals surface area (Å²) in [5, 5.41) is 22.2. The van der Waals surface area contributed by atoms with E-state index in [1.165, 1.54) is 0 Å². The molecule has 1 atom stereocenters. The maximum atomic E-state index is 10.1. The maximum Gasteiger partial charge on any atom is 0.112 e. The van der Waals surface area contributed by atoms with Gasteiger partial charge in [-0.15, -0.1) is 0 Å². The topological polar surface area (TPSA) is 65.3 Å². The zero-order chi connectivity index (χ0) is 9.36. The highest BCUT2D eigenvalue weighted by atomic mass is 16.5. The molecule has 2 fully saturated rings. The molecule has 0 aromatic carbocycles. The molecular formula is C9H14N2O2. The van der Waals surface area contributed by atoms with Gasteiger partial charge in [-0.2, -0.15) is 5.26 Å². The molecule has 13 heavy (non-hydrogen) atoms. The number of nitriles is 1. The number of hydrogen-bond donors (Lipinski definition) is 2. The number of hydrogen-bond acceptors (Lipinski definition) is 4. The molecular weight excluding hydrogens is 168 g/mol. The lowest BCUT2D eigenvalue weighted by atomic mass is 9.66. The molecule has 2 heterocycles. The van der Waals surface area contributed by atoms with Gasteiger partial charge in [-0.1, -0.05) is 0 Å². The van der Waals surface area contributed by atoms with Crippen molar-refractivity contribution in [2.45, 2.75) is 18.4 Å². The van der Waals surface area contributed by atoms with Gasteiger partial charge in [-0.05, 0) is 12.8 Å². The van der Waals surface area contributed by atoms with Crippen molar-refractivity contribution in [1.29, 1.82) is 5.26 Å². The van der Waals surface area contributed by atoms with E-state index >= 15 is 0 Å². The van der Waals surface area contributed by atoms with Crippen LogP contribution in [0.1, 0.15) is 12.8 Å². The Hall–Kier alpha value is -0.630. The van der Waals surface area contributed by atoms with Crippen LogP contribution in [-0.2, 0) is 4.74 Å². The fourth-order valence-corrected chi connectivity index (χ4v) is 2.05. The number of β-amino-alcohol motifs (C(OH)–C–C–N with tert-alkyl or cyclic N) is 1. The molecule has 4 nitrogen and oxygen atoms in total. The fourth-order valence-electron chi connectivity index (χ4n) is 2.05. The molecule has 72 valence electrons. The van der Waals surface area contributed by atoms with Crippen LogP contribution in [0.3, 0.4) is 0 Å². The minimum absolute atomic E-state index is 0.377. The lowest BCUT2D eigenvalue weighted by molar-refractivity contribution is -0.143. The van der Waals surface area contributed by atoms with E-state index in [0.717, 1.165) is 12.8 Å². The first-order valence-electron chi connectivity index (χ1n) is 4.65. The summed E-state index contributed by atoms with van der Waals surface area (Å²) >= 11 is 0. The Labute approximate surface area is 77.5 Å². The Balaban J connectivity index is 2.18. The second kappa shape index (κ2) is 2.95. The molecule has 2 saturated heterocycles. The zero-order valence-corrected chi connectivity index (χ0v) is 7.55. The second-order valence-electron chi connectivity index (χ2n) is 3.99. The minimum atomic E-state index is -0.859. The van der Waals surface area contributed by atoms with E-state index in [1.807, 2.05) is 0 Å². The van der Waals surface area contributed by atoms with Gasteiger partial charge in [0.2, 0.25) is 0 Å². The van der Waals surface area contributed by atoms with Crippen LogP contribution in [0.2, 0.25) is 0 Å². The standard InChI is InChI=1S/C9H14N2O2/c10-4-8(2-1-3-13-7-8)9(12)5-11-6-9/h11-12H,1-3,5-7H2. The van der Waals surface area contributed by atoms with Gasteiger partial charge >= 0.3 is 0 Å². The van der Waals surface area contributed by atoms with Crippen LogP contribution in [0.4, 0.5) is 0 Å². The summed E-state index contributed by atoms with van der Waals surface area (Å²) in [6, 6.07) is 2.24. The normalized spacial score (nSPS) is 37.5. The molecule has 0 spiro atoms. The Kier molecular flexibility index (Phi) is 2.03. The highest BCUT2D eigenvalue weighted by molar-refractivity contribution is 5.17. The number of nitrogens with zero attached hydrogens (tertiary/aromatic N) is 1. The van der Waals surface area contributed by atoms with Crippen LogP contribution in [-0.4, -0.2) is 37.0 Å². The lowest BCUT2D eigenvalue weighted by Crippen LogP contribution is -2.69. The van der Waals surface area contributed by atoms with Gasteiger partial charge in [0.1, 0.15) is 11.0 Å². The molecule has 2 aliphatic heterocycles. The molecule has 0 bridgehead atoms. The third-order valence-corrected chi connectivity index (χ3v) is 3.18. The molecule has 2 rings (SSSR count). The van der Waals surface area contributed by atoms with Gasteiger partial charge < -0.3 is 15.2 Å². The van der Waals surface area contributed by atoms with Crippen molar-refractivity contribution < 1.29 is 9.84 Å². The van der Waals surface area contributed by atoms with Crippen LogP contribution in [0.25, 0.3) is 0 Å². The number of nitrogens with one attached hydrogen (secondary N) is 1. The maximum absolute atomic E-state index is 10.1. The van der Waals surface area contributed by atoms with E-state index in [-0.39, 0.29) is 0 Å². The van der Waals surface area contributed by atoms with Crippen LogP contribution in [0, 0.1) is 16.7 Å². The molecule has 0 saturated carbocycles. The van der Waals surface area contributed by atoms with Crippen molar-refractivity contribution in [3.63, 3.8) is 0 Å². The summed E-state index contributed by atoms with van der Waals surface area (Å²) < 4.78 is 5.29. The Morgan fingerprint density at radius 2 is 2.23 bits per heavy atom. The van der Waals surface area contributed by atoms with Crippen LogP contribution in [0.15, 0.2) is 0 Å². The summed E-state index contributed by atoms with van der Waals surface area (Å²) in [5.74, 6) is 0. The smallest absolute Gasteiger partial charge is 0.112 e. The van der Waals surface area contributed by atoms with Crippen LogP contribution < -0.4 is 5.32 Å². The number of ether oxygens (including phenoxy) is 1. The third-order valence-electron chi connectivity index (χ3n) is 3.18. The van der Waals surface area contributed by atoms with Gasteiger partial charge in [0, 0.05) is 19.7 Å². The summed E-state index contributed by atoms with van der Waals surface area (Å²) in [6.07, 6.45) is 1.62. The van der Waals surface area contributed by atoms with Gasteiger partial charge in [-0.25, -0.2) is 0 Å². The molecule has 1 unspecified atom stereocenters. The van der Waals surface area contributed by atoms with E-state index < -0.39 is 11.0 Å².